The lowest BCUT2D eigenvalue weighted by Gasteiger charge is -2.33. The molecule has 7 nitrogen and oxygen atoms in total. The number of thiazole rings is 1. The highest BCUT2D eigenvalue weighted by Crippen LogP contribution is 2.39. The molecule has 1 amide bonds. The van der Waals surface area contributed by atoms with E-state index in [0.717, 1.165) is 46.8 Å². The number of nitrogens with zero attached hydrogens (tertiary/aromatic N) is 1. The van der Waals surface area contributed by atoms with Gasteiger partial charge in [-0.15, -0.1) is 11.3 Å². The first-order valence-electron chi connectivity index (χ1n) is 10.8. The number of primary amides is 1. The van der Waals surface area contributed by atoms with E-state index in [1.807, 2.05) is 48.5 Å². The fraction of sp³-hybridized carbons (Fsp3) is 0.320. The van der Waals surface area contributed by atoms with Crippen LogP contribution in [-0.2, 0) is 9.53 Å². The number of aromatic nitrogens is 1. The third-order valence-electron chi connectivity index (χ3n) is 5.92. The van der Waals surface area contributed by atoms with E-state index < -0.39 is 17.5 Å². The smallest absolute Gasteiger partial charge is 0.368 e. The van der Waals surface area contributed by atoms with E-state index in [9.17, 15) is 9.59 Å². The van der Waals surface area contributed by atoms with Crippen LogP contribution in [0.25, 0.3) is 21.7 Å². The standard InChI is InChI=1S/C25H26N2O5S/c1-30-18-10-6-16(7-11-18)20-21(17-8-12-19(31-2)13-9-17)33-22(27-20)23(28)32-25(24(26)29)14-4-3-5-15-25/h6-13H,3-5,14-15H2,1-2H3,(H2,26,29). The van der Waals surface area contributed by atoms with Crippen molar-refractivity contribution < 1.29 is 23.8 Å². The van der Waals surface area contributed by atoms with Gasteiger partial charge in [-0.05, 0) is 79.8 Å². The zero-order valence-corrected chi connectivity index (χ0v) is 19.4. The first kappa shape index (κ1) is 22.8. The maximum Gasteiger partial charge on any atom is 0.368 e. The predicted octanol–water partition coefficient (Wildman–Crippen LogP) is 4.84. The SMILES string of the molecule is COc1ccc(-c2nc(C(=O)OC3(C(N)=O)CCCCC3)sc2-c2ccc(OC)cc2)cc1. The van der Waals surface area contributed by atoms with Gasteiger partial charge in [-0.2, -0.15) is 0 Å². The number of benzene rings is 2. The average molecular weight is 467 g/mol. The van der Waals surface area contributed by atoms with Gasteiger partial charge >= 0.3 is 5.97 Å². The van der Waals surface area contributed by atoms with Gasteiger partial charge in [-0.25, -0.2) is 9.78 Å². The maximum atomic E-state index is 13.1. The summed E-state index contributed by atoms with van der Waals surface area (Å²) < 4.78 is 16.3. The van der Waals surface area contributed by atoms with Crippen LogP contribution in [0.2, 0.25) is 0 Å². The molecular formula is C25H26N2O5S. The Balaban J connectivity index is 1.73. The molecule has 1 aliphatic rings. The molecular weight excluding hydrogens is 440 g/mol. The Bertz CT molecular complexity index is 1070. The van der Waals surface area contributed by atoms with E-state index >= 15 is 0 Å². The van der Waals surface area contributed by atoms with Crippen molar-refractivity contribution in [2.24, 2.45) is 5.73 Å². The molecule has 0 spiro atoms. The largest absolute Gasteiger partial charge is 0.497 e. The zero-order valence-electron chi connectivity index (χ0n) is 18.6. The molecule has 1 aromatic heterocycles. The fourth-order valence-corrected chi connectivity index (χ4v) is 5.00. The van der Waals surface area contributed by atoms with Crippen molar-refractivity contribution in [2.75, 3.05) is 14.2 Å². The molecule has 172 valence electrons. The second-order valence-corrected chi connectivity index (χ2v) is 8.96. The van der Waals surface area contributed by atoms with Gasteiger partial charge in [0.15, 0.2) is 5.60 Å². The van der Waals surface area contributed by atoms with E-state index in [1.54, 1.807) is 14.2 Å². The summed E-state index contributed by atoms with van der Waals surface area (Å²) in [4.78, 5) is 30.8. The van der Waals surface area contributed by atoms with Crippen LogP contribution in [0.5, 0.6) is 11.5 Å². The molecule has 1 saturated carbocycles. The molecule has 0 radical (unpaired) electrons. The lowest BCUT2D eigenvalue weighted by atomic mass is 9.84. The van der Waals surface area contributed by atoms with Crippen LogP contribution in [0, 0.1) is 0 Å². The molecule has 8 heteroatoms. The highest BCUT2D eigenvalue weighted by molar-refractivity contribution is 7.17. The van der Waals surface area contributed by atoms with Crippen LogP contribution in [0.4, 0.5) is 0 Å². The van der Waals surface area contributed by atoms with E-state index in [2.05, 4.69) is 4.98 Å². The lowest BCUT2D eigenvalue weighted by molar-refractivity contribution is -0.140. The average Bonchev–Trinajstić information content (AvgIpc) is 3.30. The fourth-order valence-electron chi connectivity index (χ4n) is 4.03. The number of carbonyl (C=O) groups excluding carboxylic acids is 2. The Morgan fingerprint density at radius 2 is 1.42 bits per heavy atom. The molecule has 0 bridgehead atoms. The van der Waals surface area contributed by atoms with Crippen molar-refractivity contribution >= 4 is 23.2 Å². The van der Waals surface area contributed by atoms with Crippen molar-refractivity contribution in [2.45, 2.75) is 37.7 Å². The summed E-state index contributed by atoms with van der Waals surface area (Å²) in [6.45, 7) is 0. The summed E-state index contributed by atoms with van der Waals surface area (Å²) in [5.41, 5.74) is 6.75. The molecule has 4 rings (SSSR count). The van der Waals surface area contributed by atoms with Gasteiger partial charge in [0.05, 0.1) is 24.8 Å². The monoisotopic (exact) mass is 466 g/mol. The van der Waals surface area contributed by atoms with Gasteiger partial charge in [-0.1, -0.05) is 6.42 Å². The van der Waals surface area contributed by atoms with Crippen molar-refractivity contribution in [1.82, 2.24) is 4.98 Å². The van der Waals surface area contributed by atoms with Crippen LogP contribution >= 0.6 is 11.3 Å². The summed E-state index contributed by atoms with van der Waals surface area (Å²) in [5.74, 6) is 0.225. The molecule has 33 heavy (non-hydrogen) atoms. The number of carbonyl (C=O) groups is 2. The van der Waals surface area contributed by atoms with Crippen molar-refractivity contribution in [3.8, 4) is 33.2 Å². The number of hydrogen-bond donors (Lipinski definition) is 1. The Morgan fingerprint density at radius 3 is 1.94 bits per heavy atom. The minimum Gasteiger partial charge on any atom is -0.497 e. The first-order chi connectivity index (χ1) is 16.0. The van der Waals surface area contributed by atoms with Crippen LogP contribution in [0.3, 0.4) is 0 Å². The quantitative estimate of drug-likeness (QED) is 0.500. The van der Waals surface area contributed by atoms with Crippen LogP contribution in [0.15, 0.2) is 48.5 Å². The Labute approximate surface area is 196 Å². The molecule has 0 saturated heterocycles. The molecule has 3 aromatic rings. The summed E-state index contributed by atoms with van der Waals surface area (Å²) in [6, 6.07) is 15.0. The minimum absolute atomic E-state index is 0.179. The Kier molecular flexibility index (Phi) is 6.65. The van der Waals surface area contributed by atoms with Gasteiger partial charge in [0.1, 0.15) is 11.5 Å². The Morgan fingerprint density at radius 1 is 0.879 bits per heavy atom. The lowest BCUT2D eigenvalue weighted by Crippen LogP contribution is -2.49. The summed E-state index contributed by atoms with van der Waals surface area (Å²) in [6.07, 6.45) is 3.46. The van der Waals surface area contributed by atoms with Crippen molar-refractivity contribution in [3.63, 3.8) is 0 Å². The molecule has 2 N–H and O–H groups in total. The highest BCUT2D eigenvalue weighted by atomic mass is 32.1. The van der Waals surface area contributed by atoms with Gasteiger partial charge in [0.25, 0.3) is 5.91 Å². The number of esters is 1. The number of hydrogen-bond acceptors (Lipinski definition) is 7. The second-order valence-electron chi connectivity index (χ2n) is 7.96. The number of ether oxygens (including phenoxy) is 3. The Hall–Kier alpha value is -3.39. The van der Waals surface area contributed by atoms with Crippen LogP contribution in [0.1, 0.15) is 41.9 Å². The van der Waals surface area contributed by atoms with Gasteiger partial charge in [0, 0.05) is 5.56 Å². The third kappa shape index (κ3) is 4.71. The van der Waals surface area contributed by atoms with E-state index in [4.69, 9.17) is 19.9 Å². The number of methoxy groups -OCH3 is 2. The van der Waals surface area contributed by atoms with Crippen LogP contribution in [-0.4, -0.2) is 36.7 Å². The zero-order chi connectivity index (χ0) is 23.4. The summed E-state index contributed by atoms with van der Waals surface area (Å²) >= 11 is 1.23. The number of rotatable bonds is 7. The molecule has 0 aliphatic heterocycles. The molecule has 0 atom stereocenters. The second kappa shape index (κ2) is 9.62. The molecule has 1 aliphatic carbocycles. The number of nitrogens with two attached hydrogens (primary N) is 1. The highest BCUT2D eigenvalue weighted by Gasteiger charge is 2.42. The molecule has 2 aromatic carbocycles. The maximum absolute atomic E-state index is 13.1. The van der Waals surface area contributed by atoms with Gasteiger partial charge < -0.3 is 19.9 Å². The van der Waals surface area contributed by atoms with Gasteiger partial charge in [-0.3, -0.25) is 4.79 Å². The number of amides is 1. The van der Waals surface area contributed by atoms with E-state index in [-0.39, 0.29) is 5.01 Å². The predicted molar refractivity (Wildman–Crippen MR) is 127 cm³/mol. The molecule has 1 fully saturated rings. The van der Waals surface area contributed by atoms with E-state index in [0.29, 0.717) is 18.5 Å². The van der Waals surface area contributed by atoms with Crippen molar-refractivity contribution in [1.29, 1.82) is 0 Å². The third-order valence-corrected chi connectivity index (χ3v) is 7.00. The topological polar surface area (TPSA) is 101 Å². The normalized spacial score (nSPS) is 15.0. The van der Waals surface area contributed by atoms with Crippen LogP contribution < -0.4 is 15.2 Å². The van der Waals surface area contributed by atoms with Gasteiger partial charge in [0.2, 0.25) is 5.01 Å². The van der Waals surface area contributed by atoms with E-state index in [1.165, 1.54) is 11.3 Å². The summed E-state index contributed by atoms with van der Waals surface area (Å²) in [5, 5.41) is 0.179. The molecule has 1 heterocycles. The van der Waals surface area contributed by atoms with Crippen molar-refractivity contribution in [3.05, 3.63) is 53.5 Å². The summed E-state index contributed by atoms with van der Waals surface area (Å²) in [7, 11) is 3.22. The molecule has 0 unspecified atom stereocenters. The minimum atomic E-state index is -1.26. The first-order valence-corrected chi connectivity index (χ1v) is 11.6.